The molecule has 92 valence electrons. The number of rotatable bonds is 6. The highest BCUT2D eigenvalue weighted by Gasteiger charge is 2.14. The predicted molar refractivity (Wildman–Crippen MR) is 67.0 cm³/mol. The van der Waals surface area contributed by atoms with Gasteiger partial charge in [0.15, 0.2) is 0 Å². The third-order valence-electron chi connectivity index (χ3n) is 2.66. The van der Waals surface area contributed by atoms with Gasteiger partial charge in [-0.15, -0.1) is 0 Å². The van der Waals surface area contributed by atoms with E-state index >= 15 is 0 Å². The summed E-state index contributed by atoms with van der Waals surface area (Å²) in [7, 11) is 0. The van der Waals surface area contributed by atoms with Crippen LogP contribution in [0.15, 0.2) is 24.3 Å². The van der Waals surface area contributed by atoms with E-state index < -0.39 is 0 Å². The average molecular weight is 233 g/mol. The van der Waals surface area contributed by atoms with Gasteiger partial charge in [-0.1, -0.05) is 13.0 Å². The highest BCUT2D eigenvalue weighted by Crippen LogP contribution is 2.14. The number of benzene rings is 1. The molecule has 1 aromatic rings. The largest absolute Gasteiger partial charge is 0.491 e. The van der Waals surface area contributed by atoms with Crippen LogP contribution >= 0.6 is 0 Å². The first-order valence-corrected chi connectivity index (χ1v) is 5.84. The van der Waals surface area contributed by atoms with Gasteiger partial charge in [-0.05, 0) is 38.5 Å². The molecule has 0 spiro atoms. The summed E-state index contributed by atoms with van der Waals surface area (Å²) in [5.41, 5.74) is 0.509. The molecule has 0 aliphatic heterocycles. The Balaban J connectivity index is 2.34. The fourth-order valence-electron chi connectivity index (χ4n) is 1.23. The summed E-state index contributed by atoms with van der Waals surface area (Å²) in [5, 5.41) is 8.74. The van der Waals surface area contributed by atoms with Gasteiger partial charge in [0.1, 0.15) is 12.4 Å². The van der Waals surface area contributed by atoms with E-state index in [4.69, 9.17) is 14.7 Å². The SMILES string of the molecule is CCC(C)(C)OCCOc1cccc(C#N)c1. The third kappa shape index (κ3) is 4.88. The van der Waals surface area contributed by atoms with Crippen LogP contribution in [0.4, 0.5) is 0 Å². The minimum absolute atomic E-state index is 0.0993. The lowest BCUT2D eigenvalue weighted by Gasteiger charge is -2.23. The summed E-state index contributed by atoms with van der Waals surface area (Å²) in [6.07, 6.45) is 0.969. The standard InChI is InChI=1S/C14H19NO2/c1-4-14(2,3)17-9-8-16-13-7-5-6-12(10-13)11-15/h5-7,10H,4,8-9H2,1-3H3. The summed E-state index contributed by atoms with van der Waals surface area (Å²) in [6.45, 7) is 7.26. The molecule has 0 radical (unpaired) electrons. The summed E-state index contributed by atoms with van der Waals surface area (Å²) < 4.78 is 11.2. The maximum absolute atomic E-state index is 8.74. The first-order valence-electron chi connectivity index (χ1n) is 5.84. The van der Waals surface area contributed by atoms with Crippen molar-refractivity contribution >= 4 is 0 Å². The van der Waals surface area contributed by atoms with E-state index in [0.717, 1.165) is 6.42 Å². The molecule has 1 rings (SSSR count). The Morgan fingerprint density at radius 2 is 2.06 bits per heavy atom. The number of nitriles is 1. The second-order valence-electron chi connectivity index (χ2n) is 4.45. The number of nitrogens with zero attached hydrogens (tertiary/aromatic N) is 1. The maximum atomic E-state index is 8.74. The molecule has 17 heavy (non-hydrogen) atoms. The molecule has 0 aliphatic carbocycles. The van der Waals surface area contributed by atoms with Gasteiger partial charge in [-0.25, -0.2) is 0 Å². The molecule has 0 bridgehead atoms. The smallest absolute Gasteiger partial charge is 0.120 e. The molecule has 0 unspecified atom stereocenters. The highest BCUT2D eigenvalue weighted by atomic mass is 16.5. The minimum Gasteiger partial charge on any atom is -0.491 e. The van der Waals surface area contributed by atoms with Crippen molar-refractivity contribution in [2.75, 3.05) is 13.2 Å². The summed E-state index contributed by atoms with van der Waals surface area (Å²) in [5.74, 6) is 0.710. The lowest BCUT2D eigenvalue weighted by molar-refractivity contribution is -0.0317. The van der Waals surface area contributed by atoms with Gasteiger partial charge in [0.2, 0.25) is 0 Å². The molecule has 0 saturated carbocycles. The van der Waals surface area contributed by atoms with Gasteiger partial charge in [0, 0.05) is 0 Å². The monoisotopic (exact) mass is 233 g/mol. The second-order valence-corrected chi connectivity index (χ2v) is 4.45. The summed E-state index contributed by atoms with van der Waals surface area (Å²) in [6, 6.07) is 9.21. The number of ether oxygens (including phenoxy) is 2. The molecule has 0 aliphatic rings. The van der Waals surface area contributed by atoms with E-state index in [1.807, 2.05) is 12.1 Å². The lowest BCUT2D eigenvalue weighted by Crippen LogP contribution is -2.25. The molecule has 0 saturated heterocycles. The van der Waals surface area contributed by atoms with Gasteiger partial charge < -0.3 is 9.47 Å². The third-order valence-corrected chi connectivity index (χ3v) is 2.66. The van der Waals surface area contributed by atoms with Crippen LogP contribution in [0.5, 0.6) is 5.75 Å². The topological polar surface area (TPSA) is 42.2 Å². The van der Waals surface area contributed by atoms with E-state index in [0.29, 0.717) is 24.5 Å². The Morgan fingerprint density at radius 3 is 2.71 bits per heavy atom. The Kier molecular flexibility index (Phi) is 4.99. The Morgan fingerprint density at radius 1 is 1.29 bits per heavy atom. The fraction of sp³-hybridized carbons (Fsp3) is 0.500. The Bertz CT molecular complexity index is 393. The molecule has 0 amide bonds. The van der Waals surface area contributed by atoms with Crippen LogP contribution in [-0.2, 0) is 4.74 Å². The summed E-state index contributed by atoms with van der Waals surface area (Å²) >= 11 is 0. The molecule has 0 aromatic heterocycles. The number of hydrogen-bond donors (Lipinski definition) is 0. The first kappa shape index (κ1) is 13.5. The fourth-order valence-corrected chi connectivity index (χ4v) is 1.23. The minimum atomic E-state index is -0.0993. The van der Waals surface area contributed by atoms with E-state index in [1.165, 1.54) is 0 Å². The molecule has 0 atom stereocenters. The first-order chi connectivity index (χ1) is 8.07. The molecular weight excluding hydrogens is 214 g/mol. The zero-order chi connectivity index (χ0) is 12.7. The van der Waals surface area contributed by atoms with Crippen molar-refractivity contribution in [1.29, 1.82) is 5.26 Å². The number of hydrogen-bond acceptors (Lipinski definition) is 3. The van der Waals surface area contributed by atoms with Crippen LogP contribution in [-0.4, -0.2) is 18.8 Å². The van der Waals surface area contributed by atoms with Gasteiger partial charge in [0.25, 0.3) is 0 Å². The molecule has 0 N–H and O–H groups in total. The van der Waals surface area contributed by atoms with Crippen molar-refractivity contribution in [3.05, 3.63) is 29.8 Å². The van der Waals surface area contributed by atoms with E-state index in [-0.39, 0.29) is 5.60 Å². The van der Waals surface area contributed by atoms with Crippen molar-refractivity contribution in [3.63, 3.8) is 0 Å². The van der Waals surface area contributed by atoms with E-state index in [9.17, 15) is 0 Å². The zero-order valence-corrected chi connectivity index (χ0v) is 10.7. The molecule has 1 aromatic carbocycles. The molecule has 3 heteroatoms. The van der Waals surface area contributed by atoms with Crippen LogP contribution in [0.25, 0.3) is 0 Å². The van der Waals surface area contributed by atoms with E-state index in [1.54, 1.807) is 12.1 Å². The second kappa shape index (κ2) is 6.27. The molecular formula is C14H19NO2. The molecule has 0 heterocycles. The van der Waals surface area contributed by atoms with Gasteiger partial charge >= 0.3 is 0 Å². The summed E-state index contributed by atoms with van der Waals surface area (Å²) in [4.78, 5) is 0. The molecule has 3 nitrogen and oxygen atoms in total. The predicted octanol–water partition coefficient (Wildman–Crippen LogP) is 3.14. The maximum Gasteiger partial charge on any atom is 0.120 e. The van der Waals surface area contributed by atoms with Crippen molar-refractivity contribution in [1.82, 2.24) is 0 Å². The Hall–Kier alpha value is -1.53. The van der Waals surface area contributed by atoms with Crippen molar-refractivity contribution in [2.24, 2.45) is 0 Å². The van der Waals surface area contributed by atoms with Crippen LogP contribution < -0.4 is 4.74 Å². The van der Waals surface area contributed by atoms with Crippen molar-refractivity contribution < 1.29 is 9.47 Å². The van der Waals surface area contributed by atoms with Crippen LogP contribution in [0.3, 0.4) is 0 Å². The quantitative estimate of drug-likeness (QED) is 0.709. The van der Waals surface area contributed by atoms with Crippen LogP contribution in [0.2, 0.25) is 0 Å². The Labute approximate surface area is 103 Å². The lowest BCUT2D eigenvalue weighted by atomic mass is 10.1. The van der Waals surface area contributed by atoms with E-state index in [2.05, 4.69) is 26.8 Å². The molecule has 0 fully saturated rings. The normalized spacial score (nSPS) is 10.9. The van der Waals surface area contributed by atoms with Crippen molar-refractivity contribution in [2.45, 2.75) is 32.8 Å². The van der Waals surface area contributed by atoms with Crippen LogP contribution in [0, 0.1) is 11.3 Å². The van der Waals surface area contributed by atoms with Gasteiger partial charge in [-0.2, -0.15) is 5.26 Å². The zero-order valence-electron chi connectivity index (χ0n) is 10.7. The van der Waals surface area contributed by atoms with Gasteiger partial charge in [-0.3, -0.25) is 0 Å². The van der Waals surface area contributed by atoms with Crippen LogP contribution in [0.1, 0.15) is 32.8 Å². The van der Waals surface area contributed by atoms with Crippen molar-refractivity contribution in [3.8, 4) is 11.8 Å². The van der Waals surface area contributed by atoms with Gasteiger partial charge in [0.05, 0.1) is 23.8 Å². The average Bonchev–Trinajstić information content (AvgIpc) is 2.35. The highest BCUT2D eigenvalue weighted by molar-refractivity contribution is 5.36.